The van der Waals surface area contributed by atoms with Gasteiger partial charge >= 0.3 is 0 Å². The van der Waals surface area contributed by atoms with Crippen LogP contribution in [0.25, 0.3) is 0 Å². The summed E-state index contributed by atoms with van der Waals surface area (Å²) in [5.41, 5.74) is 6.39. The second kappa shape index (κ2) is 4.30. The van der Waals surface area contributed by atoms with E-state index in [4.69, 9.17) is 10.5 Å². The molecule has 0 aliphatic heterocycles. The Balaban J connectivity index is 1.89. The van der Waals surface area contributed by atoms with Crippen LogP contribution in [0.5, 0.6) is 0 Å². The van der Waals surface area contributed by atoms with Gasteiger partial charge in [0.05, 0.1) is 6.10 Å². The number of hydrogen-bond donors (Lipinski definition) is 1. The molecule has 2 aliphatic rings. The molecule has 2 nitrogen and oxygen atoms in total. The van der Waals surface area contributed by atoms with E-state index in [1.807, 2.05) is 0 Å². The monoisotopic (exact) mass is 225 g/mol. The van der Waals surface area contributed by atoms with Crippen molar-refractivity contribution in [2.45, 2.75) is 59.0 Å². The highest BCUT2D eigenvalue weighted by molar-refractivity contribution is 5.11. The Kier molecular flexibility index (Phi) is 3.33. The van der Waals surface area contributed by atoms with Crippen LogP contribution in [0.4, 0.5) is 0 Å². The van der Waals surface area contributed by atoms with Gasteiger partial charge in [0.15, 0.2) is 0 Å². The fourth-order valence-corrected chi connectivity index (χ4v) is 3.85. The molecule has 0 spiro atoms. The zero-order valence-electron chi connectivity index (χ0n) is 11.1. The highest BCUT2D eigenvalue weighted by atomic mass is 16.5. The van der Waals surface area contributed by atoms with Gasteiger partial charge in [-0.15, -0.1) is 0 Å². The quantitative estimate of drug-likeness (QED) is 0.730. The summed E-state index contributed by atoms with van der Waals surface area (Å²) >= 11 is 0. The van der Waals surface area contributed by atoms with Crippen LogP contribution in [0.2, 0.25) is 0 Å². The van der Waals surface area contributed by atoms with Crippen LogP contribution in [-0.2, 0) is 4.74 Å². The van der Waals surface area contributed by atoms with Crippen LogP contribution in [0.3, 0.4) is 0 Å². The molecule has 94 valence electrons. The van der Waals surface area contributed by atoms with Gasteiger partial charge in [-0.3, -0.25) is 0 Å². The Morgan fingerprint density at radius 2 is 2.00 bits per heavy atom. The Bertz CT molecular complexity index is 251. The molecule has 2 fully saturated rings. The van der Waals surface area contributed by atoms with Crippen LogP contribution < -0.4 is 5.73 Å². The van der Waals surface area contributed by atoms with Crippen LogP contribution in [0.1, 0.15) is 52.9 Å². The largest absolute Gasteiger partial charge is 0.378 e. The number of fused-ring (bicyclic) bond motifs is 2. The summed E-state index contributed by atoms with van der Waals surface area (Å²) in [5.74, 6) is 0.886. The molecular weight excluding hydrogens is 198 g/mol. The standard InChI is InChI=1S/C14H27NO/c1-13(2)11-6-7-14(13,3)12(10-11)16-9-5-4-8-15/h11-12H,4-10,15H2,1-3H3. The summed E-state index contributed by atoms with van der Waals surface area (Å²) in [6.45, 7) is 9.01. The molecule has 2 aliphatic carbocycles. The Morgan fingerprint density at radius 3 is 2.50 bits per heavy atom. The molecule has 2 saturated carbocycles. The van der Waals surface area contributed by atoms with E-state index in [9.17, 15) is 0 Å². The molecule has 0 amide bonds. The van der Waals surface area contributed by atoms with Crippen LogP contribution in [-0.4, -0.2) is 19.3 Å². The minimum Gasteiger partial charge on any atom is -0.378 e. The lowest BCUT2D eigenvalue weighted by atomic mass is 9.70. The molecule has 0 aromatic heterocycles. The number of hydrogen-bond acceptors (Lipinski definition) is 2. The van der Waals surface area contributed by atoms with Crippen LogP contribution in [0.15, 0.2) is 0 Å². The van der Waals surface area contributed by atoms with Crippen LogP contribution in [0, 0.1) is 16.7 Å². The van der Waals surface area contributed by atoms with Gasteiger partial charge in [0.1, 0.15) is 0 Å². The third-order valence-electron chi connectivity index (χ3n) is 5.63. The summed E-state index contributed by atoms with van der Waals surface area (Å²) in [7, 11) is 0. The van der Waals surface area contributed by atoms with Gasteiger partial charge < -0.3 is 10.5 Å². The number of nitrogens with two attached hydrogens (primary N) is 1. The molecule has 2 N–H and O–H groups in total. The Hall–Kier alpha value is -0.0800. The molecule has 2 bridgehead atoms. The van der Waals surface area contributed by atoms with Crippen molar-refractivity contribution < 1.29 is 4.74 Å². The van der Waals surface area contributed by atoms with Gasteiger partial charge in [-0.2, -0.15) is 0 Å². The highest BCUT2D eigenvalue weighted by Gasteiger charge is 2.61. The van der Waals surface area contributed by atoms with E-state index in [-0.39, 0.29) is 0 Å². The van der Waals surface area contributed by atoms with Gasteiger partial charge in [-0.05, 0) is 55.4 Å². The van der Waals surface area contributed by atoms with E-state index in [0.717, 1.165) is 31.9 Å². The lowest BCUT2D eigenvalue weighted by molar-refractivity contribution is -0.0473. The molecule has 3 atom stereocenters. The van der Waals surface area contributed by atoms with Gasteiger partial charge in [0, 0.05) is 6.61 Å². The number of ether oxygens (including phenoxy) is 1. The van der Waals surface area contributed by atoms with Crippen molar-refractivity contribution in [1.29, 1.82) is 0 Å². The third kappa shape index (κ3) is 1.70. The zero-order valence-corrected chi connectivity index (χ0v) is 11.1. The SMILES string of the molecule is CC1(C)C2CCC1(C)C(OCCCCN)C2. The van der Waals surface area contributed by atoms with Crippen molar-refractivity contribution in [3.63, 3.8) is 0 Å². The van der Waals surface area contributed by atoms with E-state index >= 15 is 0 Å². The molecule has 0 heterocycles. The van der Waals surface area contributed by atoms with Crippen LogP contribution >= 0.6 is 0 Å². The fourth-order valence-electron chi connectivity index (χ4n) is 3.85. The average molecular weight is 225 g/mol. The second-order valence-electron chi connectivity index (χ2n) is 6.47. The molecule has 16 heavy (non-hydrogen) atoms. The Labute approximate surface area is 99.9 Å². The minimum absolute atomic E-state index is 0.417. The van der Waals surface area contributed by atoms with Crippen molar-refractivity contribution in [2.75, 3.05) is 13.2 Å². The summed E-state index contributed by atoms with van der Waals surface area (Å²) in [4.78, 5) is 0. The molecule has 2 rings (SSSR count). The highest BCUT2D eigenvalue weighted by Crippen LogP contribution is 2.66. The van der Waals surface area contributed by atoms with Crippen molar-refractivity contribution in [1.82, 2.24) is 0 Å². The van der Waals surface area contributed by atoms with E-state index < -0.39 is 0 Å². The van der Waals surface area contributed by atoms with Gasteiger partial charge in [0.2, 0.25) is 0 Å². The predicted octanol–water partition coefficient (Wildman–Crippen LogP) is 2.96. The van der Waals surface area contributed by atoms with E-state index in [0.29, 0.717) is 16.9 Å². The molecule has 0 aromatic carbocycles. The maximum atomic E-state index is 6.12. The summed E-state index contributed by atoms with van der Waals surface area (Å²) in [6.07, 6.45) is 6.76. The fraction of sp³-hybridized carbons (Fsp3) is 1.00. The summed E-state index contributed by atoms with van der Waals surface area (Å²) in [6, 6.07) is 0. The first kappa shape index (κ1) is 12.4. The first-order valence-corrected chi connectivity index (χ1v) is 6.84. The minimum atomic E-state index is 0.417. The van der Waals surface area contributed by atoms with Crippen molar-refractivity contribution in [3.8, 4) is 0 Å². The number of rotatable bonds is 5. The molecule has 0 aromatic rings. The lowest BCUT2D eigenvalue weighted by Crippen LogP contribution is -2.37. The maximum Gasteiger partial charge on any atom is 0.0636 e. The first-order chi connectivity index (χ1) is 7.52. The molecule has 0 radical (unpaired) electrons. The van der Waals surface area contributed by atoms with E-state index in [1.54, 1.807) is 0 Å². The normalized spacial score (nSPS) is 40.5. The average Bonchev–Trinajstić information content (AvgIpc) is 2.57. The third-order valence-corrected chi connectivity index (χ3v) is 5.63. The maximum absolute atomic E-state index is 6.12. The molecular formula is C14H27NO. The second-order valence-corrected chi connectivity index (χ2v) is 6.47. The summed E-state index contributed by atoms with van der Waals surface area (Å²) < 4.78 is 6.12. The molecule has 0 saturated heterocycles. The Morgan fingerprint density at radius 1 is 1.25 bits per heavy atom. The van der Waals surface area contributed by atoms with E-state index in [1.165, 1.54) is 19.3 Å². The van der Waals surface area contributed by atoms with Crippen molar-refractivity contribution in [2.24, 2.45) is 22.5 Å². The van der Waals surface area contributed by atoms with Gasteiger partial charge in [-0.1, -0.05) is 20.8 Å². The summed E-state index contributed by atoms with van der Waals surface area (Å²) in [5, 5.41) is 0. The van der Waals surface area contributed by atoms with Gasteiger partial charge in [-0.25, -0.2) is 0 Å². The van der Waals surface area contributed by atoms with E-state index in [2.05, 4.69) is 20.8 Å². The number of unbranched alkanes of at least 4 members (excludes halogenated alkanes) is 1. The molecule has 2 heteroatoms. The first-order valence-electron chi connectivity index (χ1n) is 6.84. The van der Waals surface area contributed by atoms with Crippen molar-refractivity contribution in [3.05, 3.63) is 0 Å². The predicted molar refractivity (Wildman–Crippen MR) is 67.3 cm³/mol. The lowest BCUT2D eigenvalue weighted by Gasteiger charge is -2.38. The zero-order chi connectivity index (χ0) is 11.8. The van der Waals surface area contributed by atoms with Crippen molar-refractivity contribution >= 4 is 0 Å². The van der Waals surface area contributed by atoms with Gasteiger partial charge in [0.25, 0.3) is 0 Å². The smallest absolute Gasteiger partial charge is 0.0636 e. The molecule has 3 unspecified atom stereocenters. The topological polar surface area (TPSA) is 35.2 Å².